The Hall–Kier alpha value is -1.75. The minimum absolute atomic E-state index is 0.0475. The number of benzene rings is 1. The highest BCUT2D eigenvalue weighted by Crippen LogP contribution is 2.24. The molecule has 0 fully saturated rings. The first-order valence-corrected chi connectivity index (χ1v) is 6.63. The van der Waals surface area contributed by atoms with E-state index < -0.39 is 5.97 Å². The van der Waals surface area contributed by atoms with Crippen molar-refractivity contribution < 1.29 is 19.4 Å². The fourth-order valence-corrected chi connectivity index (χ4v) is 1.75. The van der Waals surface area contributed by atoms with E-state index in [0.717, 1.165) is 5.56 Å². The number of carboxylic acids is 1. The summed E-state index contributed by atoms with van der Waals surface area (Å²) in [5.74, 6) is -0.490. The SMILES string of the molecule is Cc1c(Cl)cccc1OCC(=O)N(C)CCCC(=O)O. The van der Waals surface area contributed by atoms with E-state index in [4.69, 9.17) is 21.4 Å². The Morgan fingerprint density at radius 3 is 2.75 bits per heavy atom. The van der Waals surface area contributed by atoms with Crippen molar-refractivity contribution in [3.63, 3.8) is 0 Å². The number of carbonyl (C=O) groups excluding carboxylic acids is 1. The van der Waals surface area contributed by atoms with Gasteiger partial charge in [-0.15, -0.1) is 0 Å². The number of amides is 1. The molecule has 1 aromatic rings. The van der Waals surface area contributed by atoms with Crippen LogP contribution in [0.5, 0.6) is 5.75 Å². The van der Waals surface area contributed by atoms with Gasteiger partial charge in [0.1, 0.15) is 5.75 Å². The van der Waals surface area contributed by atoms with Crippen LogP contribution in [-0.4, -0.2) is 42.1 Å². The van der Waals surface area contributed by atoms with Crippen LogP contribution in [0, 0.1) is 6.92 Å². The summed E-state index contributed by atoms with van der Waals surface area (Å²) in [6, 6.07) is 5.26. The highest BCUT2D eigenvalue weighted by Gasteiger charge is 2.11. The van der Waals surface area contributed by atoms with Crippen LogP contribution >= 0.6 is 11.6 Å². The van der Waals surface area contributed by atoms with Gasteiger partial charge in [0.2, 0.25) is 0 Å². The van der Waals surface area contributed by atoms with Crippen LogP contribution in [0.1, 0.15) is 18.4 Å². The molecule has 6 heteroatoms. The lowest BCUT2D eigenvalue weighted by Gasteiger charge is -2.17. The third-order valence-corrected chi connectivity index (χ3v) is 3.29. The van der Waals surface area contributed by atoms with Gasteiger partial charge in [0.05, 0.1) is 0 Å². The second-order valence-electron chi connectivity index (χ2n) is 4.46. The van der Waals surface area contributed by atoms with Crippen molar-refractivity contribution in [3.8, 4) is 5.75 Å². The van der Waals surface area contributed by atoms with Gasteiger partial charge in [0.15, 0.2) is 6.61 Å². The van der Waals surface area contributed by atoms with E-state index in [9.17, 15) is 9.59 Å². The lowest BCUT2D eigenvalue weighted by molar-refractivity contribution is -0.138. The molecule has 1 aromatic carbocycles. The van der Waals surface area contributed by atoms with Gasteiger partial charge in [-0.05, 0) is 25.5 Å². The number of hydrogen-bond donors (Lipinski definition) is 1. The third-order valence-electron chi connectivity index (χ3n) is 2.88. The van der Waals surface area contributed by atoms with Gasteiger partial charge in [0, 0.05) is 30.6 Å². The lowest BCUT2D eigenvalue weighted by Crippen LogP contribution is -2.32. The van der Waals surface area contributed by atoms with Gasteiger partial charge in [-0.2, -0.15) is 0 Å². The van der Waals surface area contributed by atoms with Crippen molar-refractivity contribution in [3.05, 3.63) is 28.8 Å². The normalized spacial score (nSPS) is 10.2. The van der Waals surface area contributed by atoms with Crippen LogP contribution in [0.3, 0.4) is 0 Å². The highest BCUT2D eigenvalue weighted by molar-refractivity contribution is 6.31. The largest absolute Gasteiger partial charge is 0.483 e. The summed E-state index contributed by atoms with van der Waals surface area (Å²) in [5.41, 5.74) is 0.787. The molecule has 0 unspecified atom stereocenters. The van der Waals surface area contributed by atoms with E-state index in [0.29, 0.717) is 23.7 Å². The molecule has 1 rings (SSSR count). The summed E-state index contributed by atoms with van der Waals surface area (Å²) in [6.07, 6.45) is 0.472. The van der Waals surface area contributed by atoms with E-state index in [-0.39, 0.29) is 18.9 Å². The Balaban J connectivity index is 2.42. The van der Waals surface area contributed by atoms with E-state index in [2.05, 4.69) is 0 Å². The number of carboxylic acid groups (broad SMARTS) is 1. The maximum Gasteiger partial charge on any atom is 0.303 e. The molecule has 0 saturated carbocycles. The fraction of sp³-hybridized carbons (Fsp3) is 0.429. The van der Waals surface area contributed by atoms with Crippen molar-refractivity contribution in [2.45, 2.75) is 19.8 Å². The number of hydrogen-bond acceptors (Lipinski definition) is 3. The molecular formula is C14H18ClNO4. The molecule has 110 valence electrons. The number of rotatable bonds is 7. The Kier molecular flexibility index (Phi) is 6.31. The molecule has 0 atom stereocenters. The number of carbonyl (C=O) groups is 2. The molecule has 0 heterocycles. The molecule has 0 radical (unpaired) electrons. The zero-order chi connectivity index (χ0) is 15.1. The smallest absolute Gasteiger partial charge is 0.303 e. The van der Waals surface area contributed by atoms with Crippen molar-refractivity contribution in [1.82, 2.24) is 4.90 Å². The molecule has 0 bridgehead atoms. The number of halogens is 1. The average molecular weight is 300 g/mol. The molecule has 20 heavy (non-hydrogen) atoms. The van der Waals surface area contributed by atoms with Crippen LogP contribution < -0.4 is 4.74 Å². The Morgan fingerprint density at radius 1 is 1.40 bits per heavy atom. The molecule has 0 aliphatic rings. The zero-order valence-corrected chi connectivity index (χ0v) is 12.3. The second-order valence-corrected chi connectivity index (χ2v) is 4.87. The lowest BCUT2D eigenvalue weighted by atomic mass is 10.2. The first-order chi connectivity index (χ1) is 9.41. The molecule has 5 nitrogen and oxygen atoms in total. The zero-order valence-electron chi connectivity index (χ0n) is 11.6. The highest BCUT2D eigenvalue weighted by atomic mass is 35.5. The standard InChI is InChI=1S/C14H18ClNO4/c1-10-11(15)5-3-6-12(10)20-9-13(17)16(2)8-4-7-14(18)19/h3,5-6H,4,7-9H2,1-2H3,(H,18,19). The van der Waals surface area contributed by atoms with Crippen molar-refractivity contribution in [2.75, 3.05) is 20.2 Å². The van der Waals surface area contributed by atoms with Gasteiger partial charge in [0.25, 0.3) is 5.91 Å². The second kappa shape index (κ2) is 7.75. The van der Waals surface area contributed by atoms with Crippen LogP contribution in [-0.2, 0) is 9.59 Å². The molecule has 0 saturated heterocycles. The predicted molar refractivity (Wildman–Crippen MR) is 76.2 cm³/mol. The van der Waals surface area contributed by atoms with E-state index in [1.165, 1.54) is 4.90 Å². The summed E-state index contributed by atoms with van der Waals surface area (Å²) < 4.78 is 5.44. The maximum absolute atomic E-state index is 11.8. The first kappa shape index (κ1) is 16.3. The van der Waals surface area contributed by atoms with E-state index >= 15 is 0 Å². The number of nitrogens with zero attached hydrogens (tertiary/aromatic N) is 1. The van der Waals surface area contributed by atoms with E-state index in [1.54, 1.807) is 25.2 Å². The average Bonchev–Trinajstić information content (AvgIpc) is 2.39. The van der Waals surface area contributed by atoms with Crippen molar-refractivity contribution in [2.24, 2.45) is 0 Å². The summed E-state index contributed by atoms with van der Waals surface area (Å²) in [7, 11) is 1.62. The van der Waals surface area contributed by atoms with Gasteiger partial charge >= 0.3 is 5.97 Å². The summed E-state index contributed by atoms with van der Waals surface area (Å²) >= 11 is 5.96. The van der Waals surface area contributed by atoms with Crippen LogP contribution in [0.25, 0.3) is 0 Å². The monoisotopic (exact) mass is 299 g/mol. The Morgan fingerprint density at radius 2 is 2.10 bits per heavy atom. The van der Waals surface area contributed by atoms with E-state index in [1.807, 2.05) is 6.92 Å². The van der Waals surface area contributed by atoms with Crippen LogP contribution in [0.2, 0.25) is 5.02 Å². The van der Waals surface area contributed by atoms with Gasteiger partial charge < -0.3 is 14.7 Å². The Labute approximate surface area is 123 Å². The molecule has 0 spiro atoms. The third kappa shape index (κ3) is 5.09. The number of likely N-dealkylation sites (N-methyl/N-ethyl adjacent to an activating group) is 1. The van der Waals surface area contributed by atoms with Crippen molar-refractivity contribution >= 4 is 23.5 Å². The van der Waals surface area contributed by atoms with Gasteiger partial charge in [-0.3, -0.25) is 9.59 Å². The molecule has 0 aromatic heterocycles. The molecule has 1 N–H and O–H groups in total. The number of aliphatic carboxylic acids is 1. The van der Waals surface area contributed by atoms with Gasteiger partial charge in [-0.1, -0.05) is 17.7 Å². The minimum Gasteiger partial charge on any atom is -0.483 e. The topological polar surface area (TPSA) is 66.8 Å². The quantitative estimate of drug-likeness (QED) is 0.839. The summed E-state index contributed by atoms with van der Waals surface area (Å²) in [4.78, 5) is 23.7. The first-order valence-electron chi connectivity index (χ1n) is 6.25. The summed E-state index contributed by atoms with van der Waals surface area (Å²) in [6.45, 7) is 2.12. The number of ether oxygens (including phenoxy) is 1. The van der Waals surface area contributed by atoms with Crippen LogP contribution in [0.15, 0.2) is 18.2 Å². The molecule has 0 aliphatic heterocycles. The van der Waals surface area contributed by atoms with Gasteiger partial charge in [-0.25, -0.2) is 0 Å². The summed E-state index contributed by atoms with van der Waals surface area (Å²) in [5, 5.41) is 9.12. The Bertz CT molecular complexity index is 490. The predicted octanol–water partition coefficient (Wildman–Crippen LogP) is 2.35. The fourth-order valence-electron chi connectivity index (χ4n) is 1.59. The van der Waals surface area contributed by atoms with Crippen LogP contribution in [0.4, 0.5) is 0 Å². The molecule has 0 aliphatic carbocycles. The minimum atomic E-state index is -0.864. The molecular weight excluding hydrogens is 282 g/mol. The van der Waals surface area contributed by atoms with Crippen molar-refractivity contribution in [1.29, 1.82) is 0 Å². The molecule has 1 amide bonds. The maximum atomic E-state index is 11.8.